The zero-order valence-corrected chi connectivity index (χ0v) is 12.0. The summed E-state index contributed by atoms with van der Waals surface area (Å²) in [6.45, 7) is 0.917. The van der Waals surface area contributed by atoms with Crippen LogP contribution in [0.4, 0.5) is 0 Å². The summed E-state index contributed by atoms with van der Waals surface area (Å²) >= 11 is 0. The smallest absolute Gasteiger partial charge is 0.306 e. The van der Waals surface area contributed by atoms with Crippen LogP contribution in [0.2, 0.25) is 0 Å². The molecule has 1 aromatic rings. The zero-order valence-electron chi connectivity index (χ0n) is 12.0. The van der Waals surface area contributed by atoms with Gasteiger partial charge in [-0.3, -0.25) is 9.59 Å². The number of nitrogens with two attached hydrogens (primary N) is 1. The van der Waals surface area contributed by atoms with Crippen LogP contribution >= 0.6 is 0 Å². The first kappa shape index (κ1) is 15.5. The van der Waals surface area contributed by atoms with Crippen molar-refractivity contribution in [3.8, 4) is 0 Å². The molecule has 1 aliphatic carbocycles. The number of carbonyl (C=O) groups is 2. The lowest BCUT2D eigenvalue weighted by atomic mass is 9.96. The summed E-state index contributed by atoms with van der Waals surface area (Å²) in [6, 6.07) is 7.39. The molecule has 1 fully saturated rings. The number of carboxylic acid groups (broad SMARTS) is 1. The highest BCUT2D eigenvalue weighted by Gasteiger charge is 2.32. The van der Waals surface area contributed by atoms with Crippen LogP contribution in [0.15, 0.2) is 24.3 Å². The number of aliphatic carboxylic acids is 1. The van der Waals surface area contributed by atoms with Gasteiger partial charge in [0.1, 0.15) is 0 Å². The van der Waals surface area contributed by atoms with E-state index in [4.69, 9.17) is 10.8 Å². The first-order valence-corrected chi connectivity index (χ1v) is 7.42. The molecule has 0 saturated heterocycles. The first-order valence-electron chi connectivity index (χ1n) is 7.42. The Kier molecular flexibility index (Phi) is 5.33. The molecule has 2 atom stereocenters. The Morgan fingerprint density at radius 1 is 1.29 bits per heavy atom. The van der Waals surface area contributed by atoms with Gasteiger partial charge in [-0.25, -0.2) is 0 Å². The fraction of sp³-hybridized carbons (Fsp3) is 0.500. The number of carboxylic acids is 1. The van der Waals surface area contributed by atoms with Gasteiger partial charge in [-0.15, -0.1) is 0 Å². The molecule has 114 valence electrons. The Bertz CT molecular complexity index is 516. The molecule has 1 amide bonds. The average molecular weight is 290 g/mol. The van der Waals surface area contributed by atoms with Gasteiger partial charge in [-0.1, -0.05) is 24.6 Å². The van der Waals surface area contributed by atoms with Gasteiger partial charge in [-0.05, 0) is 43.4 Å². The van der Waals surface area contributed by atoms with Crippen LogP contribution in [-0.4, -0.2) is 30.1 Å². The Balaban J connectivity index is 1.97. The number of amides is 1. The van der Waals surface area contributed by atoms with E-state index in [0.29, 0.717) is 31.5 Å². The highest BCUT2D eigenvalue weighted by atomic mass is 16.4. The van der Waals surface area contributed by atoms with Crippen molar-refractivity contribution in [2.75, 3.05) is 13.1 Å². The summed E-state index contributed by atoms with van der Waals surface area (Å²) in [5, 5.41) is 12.0. The van der Waals surface area contributed by atoms with Crippen LogP contribution < -0.4 is 11.1 Å². The highest BCUT2D eigenvalue weighted by Crippen LogP contribution is 2.31. The highest BCUT2D eigenvalue weighted by molar-refractivity contribution is 5.95. The zero-order chi connectivity index (χ0) is 15.2. The minimum atomic E-state index is -0.754. The molecule has 21 heavy (non-hydrogen) atoms. The van der Waals surface area contributed by atoms with Gasteiger partial charge in [0.25, 0.3) is 5.91 Å². The van der Waals surface area contributed by atoms with E-state index >= 15 is 0 Å². The topological polar surface area (TPSA) is 92.4 Å². The molecule has 1 aliphatic rings. The van der Waals surface area contributed by atoms with E-state index in [-0.39, 0.29) is 17.7 Å². The molecule has 0 radical (unpaired) electrons. The van der Waals surface area contributed by atoms with E-state index in [2.05, 4.69) is 5.32 Å². The van der Waals surface area contributed by atoms with Gasteiger partial charge in [0.2, 0.25) is 0 Å². The summed E-state index contributed by atoms with van der Waals surface area (Å²) in [6.07, 6.45) is 3.15. The van der Waals surface area contributed by atoms with E-state index in [1.54, 1.807) is 6.07 Å². The molecule has 2 rings (SSSR count). The predicted molar refractivity (Wildman–Crippen MR) is 80.0 cm³/mol. The van der Waals surface area contributed by atoms with Crippen LogP contribution in [-0.2, 0) is 11.2 Å². The molecule has 5 heteroatoms. The largest absolute Gasteiger partial charge is 0.481 e. The monoisotopic (exact) mass is 290 g/mol. The standard InChI is InChI=1S/C16H22N2O3/c17-9-8-11-4-1-2-6-13(11)15(19)18-10-12-5-3-7-14(12)16(20)21/h1-2,4,6,12,14H,3,5,7-10,17H2,(H,18,19)(H,20,21). The number of nitrogens with one attached hydrogen (secondary N) is 1. The quantitative estimate of drug-likeness (QED) is 0.738. The van der Waals surface area contributed by atoms with Gasteiger partial charge in [0.15, 0.2) is 0 Å². The Labute approximate surface area is 124 Å². The lowest BCUT2D eigenvalue weighted by molar-refractivity contribution is -0.142. The second-order valence-electron chi connectivity index (χ2n) is 5.54. The predicted octanol–water partition coefficient (Wildman–Crippen LogP) is 1.42. The van der Waals surface area contributed by atoms with Crippen molar-refractivity contribution in [1.29, 1.82) is 0 Å². The van der Waals surface area contributed by atoms with E-state index in [1.807, 2.05) is 18.2 Å². The summed E-state index contributed by atoms with van der Waals surface area (Å²) in [5.41, 5.74) is 7.12. The minimum Gasteiger partial charge on any atom is -0.481 e. The summed E-state index contributed by atoms with van der Waals surface area (Å²) in [7, 11) is 0. The minimum absolute atomic E-state index is 0.0353. The second-order valence-corrected chi connectivity index (χ2v) is 5.54. The molecule has 4 N–H and O–H groups in total. The van der Waals surface area contributed by atoms with Crippen LogP contribution in [0.25, 0.3) is 0 Å². The maximum absolute atomic E-state index is 12.3. The van der Waals surface area contributed by atoms with E-state index in [0.717, 1.165) is 18.4 Å². The summed E-state index contributed by atoms with van der Waals surface area (Å²) in [5.74, 6) is -1.19. The van der Waals surface area contributed by atoms with Crippen molar-refractivity contribution in [1.82, 2.24) is 5.32 Å². The number of benzene rings is 1. The summed E-state index contributed by atoms with van der Waals surface area (Å²) < 4.78 is 0. The maximum atomic E-state index is 12.3. The lowest BCUT2D eigenvalue weighted by Crippen LogP contribution is -2.33. The lowest BCUT2D eigenvalue weighted by Gasteiger charge is -2.17. The van der Waals surface area contributed by atoms with Crippen molar-refractivity contribution in [2.45, 2.75) is 25.7 Å². The molecule has 5 nitrogen and oxygen atoms in total. The van der Waals surface area contributed by atoms with E-state index < -0.39 is 5.97 Å². The molecular weight excluding hydrogens is 268 g/mol. The maximum Gasteiger partial charge on any atom is 0.306 e. The van der Waals surface area contributed by atoms with Gasteiger partial charge in [0.05, 0.1) is 5.92 Å². The average Bonchev–Trinajstić information content (AvgIpc) is 2.94. The van der Waals surface area contributed by atoms with E-state index in [1.165, 1.54) is 0 Å². The molecule has 1 aromatic carbocycles. The van der Waals surface area contributed by atoms with Crippen LogP contribution in [0, 0.1) is 11.8 Å². The molecule has 0 aliphatic heterocycles. The SMILES string of the molecule is NCCc1ccccc1C(=O)NCC1CCCC1C(=O)O. The van der Waals surface area contributed by atoms with Gasteiger partial charge < -0.3 is 16.2 Å². The van der Waals surface area contributed by atoms with Crippen molar-refractivity contribution < 1.29 is 14.7 Å². The molecule has 1 saturated carbocycles. The Morgan fingerprint density at radius 2 is 2.05 bits per heavy atom. The number of hydrogen-bond donors (Lipinski definition) is 3. The third kappa shape index (κ3) is 3.82. The molecular formula is C16H22N2O3. The van der Waals surface area contributed by atoms with Crippen molar-refractivity contribution in [3.63, 3.8) is 0 Å². The first-order chi connectivity index (χ1) is 10.1. The Hall–Kier alpha value is -1.88. The molecule has 0 aromatic heterocycles. The van der Waals surface area contributed by atoms with Crippen molar-refractivity contribution in [2.24, 2.45) is 17.6 Å². The normalized spacial score (nSPS) is 21.2. The van der Waals surface area contributed by atoms with Crippen molar-refractivity contribution >= 4 is 11.9 Å². The fourth-order valence-electron chi connectivity index (χ4n) is 3.04. The fourth-order valence-corrected chi connectivity index (χ4v) is 3.04. The van der Waals surface area contributed by atoms with Gasteiger partial charge in [0, 0.05) is 12.1 Å². The summed E-state index contributed by atoms with van der Waals surface area (Å²) in [4.78, 5) is 23.4. The molecule has 0 bridgehead atoms. The third-order valence-corrected chi connectivity index (χ3v) is 4.18. The third-order valence-electron chi connectivity index (χ3n) is 4.18. The molecule has 0 heterocycles. The van der Waals surface area contributed by atoms with Crippen LogP contribution in [0.3, 0.4) is 0 Å². The molecule has 0 spiro atoms. The van der Waals surface area contributed by atoms with Crippen molar-refractivity contribution in [3.05, 3.63) is 35.4 Å². The van der Waals surface area contributed by atoms with Gasteiger partial charge in [-0.2, -0.15) is 0 Å². The molecule has 2 unspecified atom stereocenters. The van der Waals surface area contributed by atoms with Gasteiger partial charge >= 0.3 is 5.97 Å². The number of rotatable bonds is 6. The Morgan fingerprint density at radius 3 is 2.76 bits per heavy atom. The van der Waals surface area contributed by atoms with Crippen LogP contribution in [0.1, 0.15) is 35.2 Å². The van der Waals surface area contributed by atoms with Crippen LogP contribution in [0.5, 0.6) is 0 Å². The number of carbonyl (C=O) groups excluding carboxylic acids is 1. The van der Waals surface area contributed by atoms with E-state index in [9.17, 15) is 9.59 Å². The second kappa shape index (κ2) is 7.22. The number of hydrogen-bond acceptors (Lipinski definition) is 3.